The van der Waals surface area contributed by atoms with Gasteiger partial charge in [0.05, 0.1) is 12.8 Å². The smallest absolute Gasteiger partial charge is 0.237 e. The van der Waals surface area contributed by atoms with E-state index in [9.17, 15) is 4.79 Å². The summed E-state index contributed by atoms with van der Waals surface area (Å²) < 4.78 is 5.27. The molecule has 0 aliphatic carbocycles. The van der Waals surface area contributed by atoms with Gasteiger partial charge in [-0.05, 0) is 18.7 Å². The Morgan fingerprint density at radius 3 is 2.94 bits per heavy atom. The number of hydrazine groups is 1. The summed E-state index contributed by atoms with van der Waals surface area (Å²) in [6, 6.07) is 3.79. The first-order valence-corrected chi connectivity index (χ1v) is 5.42. The fraction of sp³-hybridized carbons (Fsp3) is 0.545. The number of hydrogen-bond acceptors (Lipinski definition) is 4. The number of hydrogen-bond donors (Lipinski definition) is 2. The zero-order chi connectivity index (χ0) is 12.0. The number of amides is 1. The first-order chi connectivity index (χ1) is 7.67. The van der Waals surface area contributed by atoms with Crippen molar-refractivity contribution in [3.63, 3.8) is 0 Å². The average Bonchev–Trinajstić information content (AvgIpc) is 2.79. The van der Waals surface area contributed by atoms with Crippen molar-refractivity contribution >= 4 is 5.91 Å². The molecule has 5 nitrogen and oxygen atoms in total. The van der Waals surface area contributed by atoms with Gasteiger partial charge in [0.1, 0.15) is 5.76 Å². The first kappa shape index (κ1) is 12.7. The summed E-state index contributed by atoms with van der Waals surface area (Å²) in [5, 5.41) is 0. The monoisotopic (exact) mass is 225 g/mol. The van der Waals surface area contributed by atoms with E-state index in [1.165, 1.54) is 0 Å². The lowest BCUT2D eigenvalue weighted by Crippen LogP contribution is -2.40. The fourth-order valence-corrected chi connectivity index (χ4v) is 1.54. The summed E-state index contributed by atoms with van der Waals surface area (Å²) in [4.78, 5) is 13.4. The molecule has 5 heteroatoms. The van der Waals surface area contributed by atoms with Gasteiger partial charge in [0, 0.05) is 12.5 Å². The molecule has 0 spiro atoms. The highest BCUT2D eigenvalue weighted by atomic mass is 16.3. The molecule has 0 aromatic carbocycles. The highest BCUT2D eigenvalue weighted by molar-refractivity contribution is 5.77. The molecule has 1 unspecified atom stereocenters. The second-order valence-electron chi connectivity index (χ2n) is 3.82. The first-order valence-electron chi connectivity index (χ1n) is 5.42. The van der Waals surface area contributed by atoms with Crippen LogP contribution in [-0.2, 0) is 11.3 Å². The zero-order valence-corrected chi connectivity index (χ0v) is 9.77. The second-order valence-corrected chi connectivity index (χ2v) is 3.82. The van der Waals surface area contributed by atoms with Crippen LogP contribution < -0.4 is 11.3 Å². The Kier molecular flexibility index (Phi) is 5.01. The minimum Gasteiger partial charge on any atom is -0.468 e. The molecule has 0 bridgehead atoms. The van der Waals surface area contributed by atoms with Crippen LogP contribution in [-0.4, -0.2) is 23.9 Å². The van der Waals surface area contributed by atoms with E-state index in [0.717, 1.165) is 12.3 Å². The molecule has 0 aliphatic rings. The van der Waals surface area contributed by atoms with Gasteiger partial charge in [-0.15, -0.1) is 0 Å². The summed E-state index contributed by atoms with van der Waals surface area (Å²) in [6.45, 7) is 6.15. The van der Waals surface area contributed by atoms with E-state index in [4.69, 9.17) is 10.3 Å². The summed E-state index contributed by atoms with van der Waals surface area (Å²) in [7, 11) is 0. The van der Waals surface area contributed by atoms with Crippen LogP contribution >= 0.6 is 0 Å². The van der Waals surface area contributed by atoms with E-state index >= 15 is 0 Å². The predicted molar refractivity (Wildman–Crippen MR) is 61.2 cm³/mol. The van der Waals surface area contributed by atoms with Crippen molar-refractivity contribution in [3.05, 3.63) is 24.2 Å². The standard InChI is InChI=1S/C11H19N3O2/c1-3-14(7-9(2)11(15)13-12)8-10-5-4-6-16-10/h4-6,9H,3,7-8,12H2,1-2H3,(H,13,15). The van der Waals surface area contributed by atoms with Gasteiger partial charge in [-0.2, -0.15) is 0 Å². The Hall–Kier alpha value is -1.33. The molecule has 1 rings (SSSR count). The molecule has 0 fully saturated rings. The quantitative estimate of drug-likeness (QED) is 0.425. The molecule has 0 saturated carbocycles. The van der Waals surface area contributed by atoms with Crippen LogP contribution in [0.1, 0.15) is 19.6 Å². The van der Waals surface area contributed by atoms with Crippen LogP contribution in [0.15, 0.2) is 22.8 Å². The topological polar surface area (TPSA) is 71.5 Å². The van der Waals surface area contributed by atoms with Crippen LogP contribution in [0, 0.1) is 5.92 Å². The van der Waals surface area contributed by atoms with Crippen molar-refractivity contribution in [2.75, 3.05) is 13.1 Å². The number of nitrogens with two attached hydrogens (primary N) is 1. The van der Waals surface area contributed by atoms with Crippen LogP contribution in [0.4, 0.5) is 0 Å². The van der Waals surface area contributed by atoms with Crippen molar-refractivity contribution < 1.29 is 9.21 Å². The number of carbonyl (C=O) groups is 1. The molecule has 3 N–H and O–H groups in total. The van der Waals surface area contributed by atoms with Gasteiger partial charge in [-0.3, -0.25) is 15.1 Å². The van der Waals surface area contributed by atoms with Crippen LogP contribution in [0.25, 0.3) is 0 Å². The van der Waals surface area contributed by atoms with E-state index in [-0.39, 0.29) is 11.8 Å². The molecule has 1 aromatic heterocycles. The van der Waals surface area contributed by atoms with Crippen molar-refractivity contribution in [2.24, 2.45) is 11.8 Å². The van der Waals surface area contributed by atoms with Gasteiger partial charge in [0.25, 0.3) is 0 Å². The van der Waals surface area contributed by atoms with Gasteiger partial charge in [0.2, 0.25) is 5.91 Å². The SMILES string of the molecule is CCN(Cc1ccco1)CC(C)C(=O)NN. The summed E-state index contributed by atoms with van der Waals surface area (Å²) >= 11 is 0. The molecule has 0 saturated heterocycles. The molecule has 1 aromatic rings. The third-order valence-electron chi connectivity index (χ3n) is 2.53. The maximum Gasteiger partial charge on any atom is 0.237 e. The molecule has 16 heavy (non-hydrogen) atoms. The van der Waals surface area contributed by atoms with Gasteiger partial charge in [-0.25, -0.2) is 5.84 Å². The van der Waals surface area contributed by atoms with E-state index in [0.29, 0.717) is 13.1 Å². The van der Waals surface area contributed by atoms with Gasteiger partial charge in [0.15, 0.2) is 0 Å². The lowest BCUT2D eigenvalue weighted by Gasteiger charge is -2.22. The van der Waals surface area contributed by atoms with Crippen LogP contribution in [0.5, 0.6) is 0 Å². The van der Waals surface area contributed by atoms with Crippen molar-refractivity contribution in [2.45, 2.75) is 20.4 Å². The molecule has 90 valence electrons. The highest BCUT2D eigenvalue weighted by Gasteiger charge is 2.15. The van der Waals surface area contributed by atoms with Gasteiger partial charge >= 0.3 is 0 Å². The minimum absolute atomic E-state index is 0.125. The third kappa shape index (κ3) is 3.67. The second kappa shape index (κ2) is 6.30. The lowest BCUT2D eigenvalue weighted by molar-refractivity contribution is -0.125. The molecule has 1 heterocycles. The normalized spacial score (nSPS) is 12.8. The van der Waals surface area contributed by atoms with Crippen LogP contribution in [0.2, 0.25) is 0 Å². The summed E-state index contributed by atoms with van der Waals surface area (Å²) in [5.41, 5.74) is 2.16. The number of rotatable bonds is 6. The van der Waals surface area contributed by atoms with Crippen molar-refractivity contribution in [1.82, 2.24) is 10.3 Å². The van der Waals surface area contributed by atoms with E-state index < -0.39 is 0 Å². The Bertz CT molecular complexity index is 311. The van der Waals surface area contributed by atoms with Gasteiger partial charge < -0.3 is 4.42 Å². The summed E-state index contributed by atoms with van der Waals surface area (Å²) in [5.74, 6) is 5.73. The highest BCUT2D eigenvalue weighted by Crippen LogP contribution is 2.07. The van der Waals surface area contributed by atoms with Crippen molar-refractivity contribution in [3.8, 4) is 0 Å². The Labute approximate surface area is 95.6 Å². The predicted octanol–water partition coefficient (Wildman–Crippen LogP) is 0.728. The molecular weight excluding hydrogens is 206 g/mol. The van der Waals surface area contributed by atoms with E-state index in [1.54, 1.807) is 6.26 Å². The Morgan fingerprint density at radius 1 is 1.69 bits per heavy atom. The Balaban J connectivity index is 2.46. The average molecular weight is 225 g/mol. The zero-order valence-electron chi connectivity index (χ0n) is 9.77. The summed E-state index contributed by atoms with van der Waals surface area (Å²) in [6.07, 6.45) is 1.65. The minimum atomic E-state index is -0.141. The maximum absolute atomic E-state index is 11.3. The van der Waals surface area contributed by atoms with E-state index in [2.05, 4.69) is 17.2 Å². The largest absolute Gasteiger partial charge is 0.468 e. The number of carbonyl (C=O) groups excluding carboxylic acids is 1. The molecule has 1 amide bonds. The van der Waals surface area contributed by atoms with Crippen LogP contribution in [0.3, 0.4) is 0 Å². The van der Waals surface area contributed by atoms with Gasteiger partial charge in [-0.1, -0.05) is 13.8 Å². The molecule has 0 aliphatic heterocycles. The van der Waals surface area contributed by atoms with Crippen molar-refractivity contribution in [1.29, 1.82) is 0 Å². The number of furan rings is 1. The maximum atomic E-state index is 11.3. The Morgan fingerprint density at radius 2 is 2.44 bits per heavy atom. The molecule has 1 atom stereocenters. The molecular formula is C11H19N3O2. The fourth-order valence-electron chi connectivity index (χ4n) is 1.54. The third-order valence-corrected chi connectivity index (χ3v) is 2.53. The molecule has 0 radical (unpaired) electrons. The lowest BCUT2D eigenvalue weighted by atomic mass is 10.1. The van der Waals surface area contributed by atoms with E-state index in [1.807, 2.05) is 19.1 Å². The number of nitrogens with one attached hydrogen (secondary N) is 1. The number of nitrogens with zero attached hydrogens (tertiary/aromatic N) is 1.